The Bertz CT molecular complexity index is 1030. The van der Waals surface area contributed by atoms with Crippen LogP contribution in [0.1, 0.15) is 36.3 Å². The minimum Gasteiger partial charge on any atom is -0.479 e. The van der Waals surface area contributed by atoms with Crippen LogP contribution in [0.2, 0.25) is 0 Å². The lowest BCUT2D eigenvalue weighted by molar-refractivity contribution is -0.148. The second-order valence-corrected chi connectivity index (χ2v) is 8.87. The minimum atomic E-state index is -1.07. The zero-order valence-corrected chi connectivity index (χ0v) is 18.0. The molecule has 5 rings (SSSR count). The molecule has 1 saturated heterocycles. The average Bonchev–Trinajstić information content (AvgIpc) is 3.37. The zero-order valence-electron chi connectivity index (χ0n) is 18.0. The predicted molar refractivity (Wildman–Crippen MR) is 119 cm³/mol. The summed E-state index contributed by atoms with van der Waals surface area (Å²) in [7, 11) is 0. The summed E-state index contributed by atoms with van der Waals surface area (Å²) in [5.74, 6) is -1.51. The summed E-state index contributed by atoms with van der Waals surface area (Å²) in [4.78, 5) is 36.0. The van der Waals surface area contributed by atoms with Crippen molar-refractivity contribution in [2.45, 2.75) is 43.4 Å². The molecular weight excluding hydrogens is 424 g/mol. The topological polar surface area (TPSA) is 114 Å². The number of carboxylic acid groups (broad SMARTS) is 1. The van der Waals surface area contributed by atoms with E-state index in [2.05, 4.69) is 34.9 Å². The number of rotatable bonds is 6. The van der Waals surface area contributed by atoms with Gasteiger partial charge in [0, 0.05) is 24.5 Å². The molecule has 2 amide bonds. The maximum absolute atomic E-state index is 12.4. The largest absolute Gasteiger partial charge is 0.479 e. The van der Waals surface area contributed by atoms with Gasteiger partial charge < -0.3 is 25.2 Å². The normalized spacial score (nSPS) is 25.5. The molecule has 1 saturated carbocycles. The first-order valence-electron chi connectivity index (χ1n) is 11.3. The van der Waals surface area contributed by atoms with Crippen LogP contribution in [0.25, 0.3) is 11.1 Å². The van der Waals surface area contributed by atoms with E-state index < -0.39 is 24.2 Å². The third-order valence-electron chi connectivity index (χ3n) is 6.84. The Labute approximate surface area is 191 Å². The molecule has 0 bridgehead atoms. The molecule has 2 aromatic rings. The lowest BCUT2D eigenvalue weighted by Gasteiger charge is -2.35. The van der Waals surface area contributed by atoms with Crippen molar-refractivity contribution < 1.29 is 29.0 Å². The number of aliphatic carboxylic acids is 1. The first kappa shape index (κ1) is 21.5. The molecule has 2 atom stereocenters. The van der Waals surface area contributed by atoms with Crippen molar-refractivity contribution >= 4 is 18.0 Å². The van der Waals surface area contributed by atoms with Gasteiger partial charge in [-0.2, -0.15) is 0 Å². The number of hydrogen-bond donors (Lipinski definition) is 3. The highest BCUT2D eigenvalue weighted by Gasteiger charge is 2.40. The summed E-state index contributed by atoms with van der Waals surface area (Å²) in [6.07, 6.45) is -0.000797. The third-order valence-corrected chi connectivity index (χ3v) is 6.84. The average molecular weight is 450 g/mol. The number of carbonyl (C=O) groups excluding carboxylic acids is 2. The number of carbonyl (C=O) groups is 3. The summed E-state index contributed by atoms with van der Waals surface area (Å²) >= 11 is 0. The Morgan fingerprint density at radius 1 is 0.970 bits per heavy atom. The lowest BCUT2D eigenvalue weighted by Crippen LogP contribution is -2.53. The molecule has 3 aliphatic rings. The summed E-state index contributed by atoms with van der Waals surface area (Å²) in [6, 6.07) is 15.7. The lowest BCUT2D eigenvalue weighted by atomic mass is 9.79. The molecule has 1 aliphatic heterocycles. The van der Waals surface area contributed by atoms with Gasteiger partial charge in [-0.25, -0.2) is 9.59 Å². The molecule has 0 aromatic heterocycles. The molecule has 0 spiro atoms. The van der Waals surface area contributed by atoms with E-state index >= 15 is 0 Å². The summed E-state index contributed by atoms with van der Waals surface area (Å²) in [6.45, 7) is 0.563. The predicted octanol–water partition coefficient (Wildman–Crippen LogP) is 2.66. The Kier molecular flexibility index (Phi) is 5.76. The zero-order chi connectivity index (χ0) is 22.9. The van der Waals surface area contributed by atoms with Gasteiger partial charge in [0.05, 0.1) is 6.04 Å². The van der Waals surface area contributed by atoms with Gasteiger partial charge in [-0.1, -0.05) is 48.5 Å². The number of nitrogens with one attached hydrogen (secondary N) is 2. The van der Waals surface area contributed by atoms with Crippen LogP contribution in [-0.2, 0) is 19.1 Å². The van der Waals surface area contributed by atoms with E-state index in [9.17, 15) is 14.4 Å². The van der Waals surface area contributed by atoms with Crippen LogP contribution in [0, 0.1) is 5.92 Å². The van der Waals surface area contributed by atoms with Gasteiger partial charge in [0.25, 0.3) is 0 Å². The summed E-state index contributed by atoms with van der Waals surface area (Å²) in [5, 5.41) is 14.8. The number of fused-ring (bicyclic) bond motifs is 3. The van der Waals surface area contributed by atoms with E-state index in [-0.39, 0.29) is 30.4 Å². The van der Waals surface area contributed by atoms with Gasteiger partial charge in [-0.3, -0.25) is 4.79 Å². The van der Waals surface area contributed by atoms with Gasteiger partial charge in [-0.15, -0.1) is 0 Å². The molecule has 3 N–H and O–H groups in total. The van der Waals surface area contributed by atoms with E-state index in [4.69, 9.17) is 14.6 Å². The smallest absolute Gasteiger partial charge is 0.407 e. The van der Waals surface area contributed by atoms with Crippen LogP contribution < -0.4 is 10.6 Å². The fourth-order valence-electron chi connectivity index (χ4n) is 5.04. The molecule has 2 fully saturated rings. The van der Waals surface area contributed by atoms with E-state index in [1.54, 1.807) is 0 Å². The highest BCUT2D eigenvalue weighted by atomic mass is 16.5. The molecule has 8 heteroatoms. The number of benzene rings is 2. The second-order valence-electron chi connectivity index (χ2n) is 8.87. The van der Waals surface area contributed by atoms with E-state index in [1.165, 1.54) is 11.1 Å². The van der Waals surface area contributed by atoms with Gasteiger partial charge in [-0.05, 0) is 41.5 Å². The van der Waals surface area contributed by atoms with Crippen molar-refractivity contribution in [2.24, 2.45) is 5.92 Å². The summed E-state index contributed by atoms with van der Waals surface area (Å²) < 4.78 is 10.7. The number of ether oxygens (including phenoxy) is 2. The fraction of sp³-hybridized carbons (Fsp3) is 0.400. The highest BCUT2D eigenvalue weighted by molar-refractivity contribution is 5.82. The molecule has 0 unspecified atom stereocenters. The van der Waals surface area contributed by atoms with Crippen LogP contribution in [0.5, 0.6) is 0 Å². The standard InChI is InChI=1S/C25H26N2O6/c28-23(27-21-9-10-32-22(21)24(29)30)14-11-15(12-14)26-25(31)33-13-20-18-7-3-1-5-16(18)17-6-2-4-8-19(17)20/h1-8,14-15,20-22H,9-13H2,(H,26,31)(H,27,28)(H,29,30)/t14?,15?,21-,22+/m1/s1. The molecule has 2 aliphatic carbocycles. The maximum atomic E-state index is 12.4. The van der Waals surface area contributed by atoms with Crippen LogP contribution in [0.4, 0.5) is 4.79 Å². The summed E-state index contributed by atoms with van der Waals surface area (Å²) in [5.41, 5.74) is 4.66. The van der Waals surface area contributed by atoms with Crippen LogP contribution >= 0.6 is 0 Å². The van der Waals surface area contributed by atoms with Gasteiger partial charge in [0.15, 0.2) is 6.10 Å². The number of alkyl carbamates (subject to hydrolysis) is 1. The Hall–Kier alpha value is -3.39. The second kappa shape index (κ2) is 8.86. The van der Waals surface area contributed by atoms with Gasteiger partial charge in [0.2, 0.25) is 5.91 Å². The van der Waals surface area contributed by atoms with Crippen molar-refractivity contribution in [3.63, 3.8) is 0 Å². The van der Waals surface area contributed by atoms with Crippen molar-refractivity contribution in [3.8, 4) is 11.1 Å². The van der Waals surface area contributed by atoms with E-state index in [0.717, 1.165) is 11.1 Å². The molecule has 172 valence electrons. The Balaban J connectivity index is 1.10. The van der Waals surface area contributed by atoms with Crippen LogP contribution in [-0.4, -0.2) is 54.5 Å². The Morgan fingerprint density at radius 3 is 2.24 bits per heavy atom. The van der Waals surface area contributed by atoms with Crippen molar-refractivity contribution in [2.75, 3.05) is 13.2 Å². The highest BCUT2D eigenvalue weighted by Crippen LogP contribution is 2.44. The van der Waals surface area contributed by atoms with Crippen molar-refractivity contribution in [1.29, 1.82) is 0 Å². The number of carboxylic acids is 1. The molecule has 33 heavy (non-hydrogen) atoms. The quantitative estimate of drug-likeness (QED) is 0.624. The van der Waals surface area contributed by atoms with Crippen molar-refractivity contribution in [1.82, 2.24) is 10.6 Å². The molecular formula is C25H26N2O6. The van der Waals surface area contributed by atoms with Crippen LogP contribution in [0.3, 0.4) is 0 Å². The first-order valence-corrected chi connectivity index (χ1v) is 11.3. The number of amides is 2. The molecule has 2 aromatic carbocycles. The molecule has 1 heterocycles. The van der Waals surface area contributed by atoms with Crippen molar-refractivity contribution in [3.05, 3.63) is 59.7 Å². The maximum Gasteiger partial charge on any atom is 0.407 e. The first-order chi connectivity index (χ1) is 16.0. The molecule has 0 radical (unpaired) electrons. The number of hydrogen-bond acceptors (Lipinski definition) is 5. The molecule has 8 nitrogen and oxygen atoms in total. The van der Waals surface area contributed by atoms with E-state index in [1.807, 2.05) is 24.3 Å². The van der Waals surface area contributed by atoms with Gasteiger partial charge >= 0.3 is 12.1 Å². The monoisotopic (exact) mass is 450 g/mol. The van der Waals surface area contributed by atoms with E-state index in [0.29, 0.717) is 25.9 Å². The van der Waals surface area contributed by atoms with Gasteiger partial charge in [0.1, 0.15) is 6.61 Å². The van der Waals surface area contributed by atoms with Crippen LogP contribution in [0.15, 0.2) is 48.5 Å². The third kappa shape index (κ3) is 4.18. The SMILES string of the molecule is O=C(NC1CC(C(=O)N[C@@H]2CCO[C@@H]2C(=O)O)C1)OCC1c2ccccc2-c2ccccc21. The minimum absolute atomic E-state index is 0.00104. The Morgan fingerprint density at radius 2 is 1.61 bits per heavy atom. The fourth-order valence-corrected chi connectivity index (χ4v) is 5.04.